The third-order valence-electron chi connectivity index (χ3n) is 4.35. The zero-order valence-electron chi connectivity index (χ0n) is 15.2. The molecule has 1 aliphatic rings. The minimum absolute atomic E-state index is 0.0267. The van der Waals surface area contributed by atoms with Crippen LogP contribution in [0.3, 0.4) is 0 Å². The van der Waals surface area contributed by atoms with E-state index < -0.39 is 6.04 Å². The van der Waals surface area contributed by atoms with Crippen molar-refractivity contribution in [2.75, 3.05) is 17.7 Å². The lowest BCUT2D eigenvalue weighted by Crippen LogP contribution is -2.41. The van der Waals surface area contributed by atoms with E-state index >= 15 is 0 Å². The van der Waals surface area contributed by atoms with Gasteiger partial charge in [0, 0.05) is 24.7 Å². The fraction of sp³-hybridized carbons (Fsp3) is 0.200. The first-order valence-electron chi connectivity index (χ1n) is 8.80. The van der Waals surface area contributed by atoms with Gasteiger partial charge >= 0.3 is 0 Å². The molecule has 4 amide bonds. The Labute approximate surface area is 161 Å². The van der Waals surface area contributed by atoms with Gasteiger partial charge in [0.1, 0.15) is 6.04 Å². The highest BCUT2D eigenvalue weighted by Gasteiger charge is 2.27. The van der Waals surface area contributed by atoms with Crippen LogP contribution in [-0.2, 0) is 9.59 Å². The lowest BCUT2D eigenvalue weighted by molar-refractivity contribution is -0.118. The summed E-state index contributed by atoms with van der Waals surface area (Å²) in [4.78, 5) is 48.5. The number of para-hydroxylation sites is 1. The van der Waals surface area contributed by atoms with E-state index in [0.717, 1.165) is 0 Å². The lowest BCUT2D eigenvalue weighted by Gasteiger charge is -2.14. The monoisotopic (exact) mass is 380 g/mol. The van der Waals surface area contributed by atoms with E-state index in [9.17, 15) is 19.2 Å². The first-order valence-corrected chi connectivity index (χ1v) is 8.80. The first kappa shape index (κ1) is 19.1. The van der Waals surface area contributed by atoms with Gasteiger partial charge in [0.15, 0.2) is 0 Å². The fourth-order valence-electron chi connectivity index (χ4n) is 2.90. The van der Waals surface area contributed by atoms with Crippen molar-refractivity contribution in [2.24, 2.45) is 0 Å². The number of carbonyl (C=O) groups excluding carboxylic acids is 4. The molecular formula is C20H20N4O4. The third-order valence-corrected chi connectivity index (χ3v) is 4.35. The number of anilines is 2. The van der Waals surface area contributed by atoms with Gasteiger partial charge < -0.3 is 21.3 Å². The van der Waals surface area contributed by atoms with Gasteiger partial charge in [0.2, 0.25) is 11.8 Å². The van der Waals surface area contributed by atoms with Crippen LogP contribution in [0, 0.1) is 0 Å². The van der Waals surface area contributed by atoms with Crippen molar-refractivity contribution >= 4 is 35.0 Å². The molecule has 1 unspecified atom stereocenters. The topological polar surface area (TPSA) is 116 Å². The predicted molar refractivity (Wildman–Crippen MR) is 104 cm³/mol. The van der Waals surface area contributed by atoms with Crippen LogP contribution in [0.2, 0.25) is 0 Å². The largest absolute Gasteiger partial charge is 0.355 e. The van der Waals surface area contributed by atoms with Crippen LogP contribution in [0.25, 0.3) is 0 Å². The van der Waals surface area contributed by atoms with Crippen molar-refractivity contribution in [2.45, 2.75) is 18.9 Å². The summed E-state index contributed by atoms with van der Waals surface area (Å²) in [7, 11) is 1.53. The summed E-state index contributed by atoms with van der Waals surface area (Å²) in [6, 6.07) is 12.4. The van der Waals surface area contributed by atoms with Crippen molar-refractivity contribution in [1.29, 1.82) is 0 Å². The third kappa shape index (κ3) is 4.35. The van der Waals surface area contributed by atoms with E-state index in [-0.39, 0.29) is 36.5 Å². The number of hydrogen-bond acceptors (Lipinski definition) is 4. The summed E-state index contributed by atoms with van der Waals surface area (Å²) in [5.41, 5.74) is 1.73. The zero-order chi connectivity index (χ0) is 20.1. The van der Waals surface area contributed by atoms with Gasteiger partial charge in [-0.3, -0.25) is 19.2 Å². The van der Waals surface area contributed by atoms with Crippen LogP contribution in [0.4, 0.5) is 11.4 Å². The molecule has 8 heteroatoms. The number of amides is 4. The van der Waals surface area contributed by atoms with Gasteiger partial charge in [0.25, 0.3) is 11.8 Å². The highest BCUT2D eigenvalue weighted by molar-refractivity contribution is 6.10. The molecule has 0 saturated carbocycles. The van der Waals surface area contributed by atoms with E-state index in [1.165, 1.54) is 7.05 Å². The Hall–Kier alpha value is -3.68. The molecule has 0 aliphatic carbocycles. The van der Waals surface area contributed by atoms with E-state index in [4.69, 9.17) is 0 Å². The van der Waals surface area contributed by atoms with Crippen molar-refractivity contribution in [1.82, 2.24) is 10.6 Å². The summed E-state index contributed by atoms with van der Waals surface area (Å²) in [5, 5.41) is 10.6. The molecule has 0 radical (unpaired) electrons. The summed E-state index contributed by atoms with van der Waals surface area (Å²) in [5.74, 6) is -1.31. The van der Waals surface area contributed by atoms with Gasteiger partial charge in [-0.1, -0.05) is 18.2 Å². The van der Waals surface area contributed by atoms with Gasteiger partial charge in [-0.25, -0.2) is 0 Å². The number of rotatable bonds is 5. The number of fused-ring (bicyclic) bond motifs is 1. The molecule has 4 N–H and O–H groups in total. The summed E-state index contributed by atoms with van der Waals surface area (Å²) >= 11 is 0. The molecule has 0 spiro atoms. The standard InChI is InChI=1S/C20H20N4O4/c1-21-18(26)12-5-4-6-13(11-12)22-17(25)10-9-16-20(28)23-15-8-3-2-7-14(15)19(27)24-16/h2-8,11,16H,9-10H2,1H3,(H,21,26)(H,22,25)(H,23,28)(H,24,27). The Bertz CT molecular complexity index is 941. The van der Waals surface area contributed by atoms with Gasteiger partial charge in [0.05, 0.1) is 11.3 Å². The van der Waals surface area contributed by atoms with E-state index in [1.54, 1.807) is 48.5 Å². The van der Waals surface area contributed by atoms with Crippen LogP contribution in [-0.4, -0.2) is 36.7 Å². The molecule has 3 rings (SSSR count). The predicted octanol–water partition coefficient (Wildman–Crippen LogP) is 1.52. The highest BCUT2D eigenvalue weighted by Crippen LogP contribution is 2.19. The SMILES string of the molecule is CNC(=O)c1cccc(NC(=O)CCC2NC(=O)c3ccccc3NC2=O)c1. The molecule has 0 aromatic heterocycles. The second-order valence-corrected chi connectivity index (χ2v) is 6.31. The Morgan fingerprint density at radius 2 is 1.86 bits per heavy atom. The zero-order valence-corrected chi connectivity index (χ0v) is 15.2. The van der Waals surface area contributed by atoms with Crippen molar-refractivity contribution < 1.29 is 19.2 Å². The molecule has 144 valence electrons. The first-order chi connectivity index (χ1) is 13.5. The molecule has 2 aromatic carbocycles. The molecule has 28 heavy (non-hydrogen) atoms. The number of hydrogen-bond donors (Lipinski definition) is 4. The van der Waals surface area contributed by atoms with Crippen molar-refractivity contribution in [3.05, 3.63) is 59.7 Å². The maximum Gasteiger partial charge on any atom is 0.254 e. The van der Waals surface area contributed by atoms with Crippen molar-refractivity contribution in [3.8, 4) is 0 Å². The summed E-state index contributed by atoms with van der Waals surface area (Å²) in [6.07, 6.45) is 0.172. The minimum Gasteiger partial charge on any atom is -0.355 e. The van der Waals surface area contributed by atoms with E-state index in [2.05, 4.69) is 21.3 Å². The fourth-order valence-corrected chi connectivity index (χ4v) is 2.90. The smallest absolute Gasteiger partial charge is 0.254 e. The minimum atomic E-state index is -0.817. The van der Waals surface area contributed by atoms with Crippen LogP contribution in [0.15, 0.2) is 48.5 Å². The molecule has 0 fully saturated rings. The summed E-state index contributed by atoms with van der Waals surface area (Å²) < 4.78 is 0. The Morgan fingerprint density at radius 3 is 2.64 bits per heavy atom. The Morgan fingerprint density at radius 1 is 1.07 bits per heavy atom. The highest BCUT2D eigenvalue weighted by atomic mass is 16.2. The van der Waals surface area contributed by atoms with Crippen molar-refractivity contribution in [3.63, 3.8) is 0 Å². The van der Waals surface area contributed by atoms with Crippen LogP contribution in [0.1, 0.15) is 33.6 Å². The molecule has 1 aliphatic heterocycles. The average molecular weight is 380 g/mol. The molecule has 2 aromatic rings. The lowest BCUT2D eigenvalue weighted by atomic mass is 10.1. The van der Waals surface area contributed by atoms with Gasteiger partial charge in [-0.15, -0.1) is 0 Å². The average Bonchev–Trinajstić information content (AvgIpc) is 2.82. The van der Waals surface area contributed by atoms with E-state index in [0.29, 0.717) is 22.5 Å². The summed E-state index contributed by atoms with van der Waals surface area (Å²) in [6.45, 7) is 0. The molecule has 1 atom stereocenters. The molecule has 1 heterocycles. The maximum atomic E-state index is 12.3. The van der Waals surface area contributed by atoms with Crippen LogP contribution in [0.5, 0.6) is 0 Å². The number of benzene rings is 2. The van der Waals surface area contributed by atoms with E-state index in [1.807, 2.05) is 0 Å². The van der Waals surface area contributed by atoms with Gasteiger partial charge in [-0.05, 0) is 36.8 Å². The van der Waals surface area contributed by atoms with Crippen LogP contribution < -0.4 is 21.3 Å². The molecule has 8 nitrogen and oxygen atoms in total. The Balaban J connectivity index is 1.60. The quantitative estimate of drug-likeness (QED) is 0.629. The Kier molecular flexibility index (Phi) is 5.69. The second-order valence-electron chi connectivity index (χ2n) is 6.31. The van der Waals surface area contributed by atoms with Gasteiger partial charge in [-0.2, -0.15) is 0 Å². The number of nitrogens with one attached hydrogen (secondary N) is 4. The molecule has 0 bridgehead atoms. The number of carbonyl (C=O) groups is 4. The molecule has 0 saturated heterocycles. The maximum absolute atomic E-state index is 12.3. The van der Waals surface area contributed by atoms with Crippen LogP contribution >= 0.6 is 0 Å². The second kappa shape index (κ2) is 8.34. The molecular weight excluding hydrogens is 360 g/mol. The normalized spacial score (nSPS) is 15.5.